The SMILES string of the molecule is CC(C)(O)[C@@H]1CC[C@]2(C)CC[C@]3(C)[C@H](CC[C@@H]4[C@@]5(C)CC[C@H](O)C(C)(C)[C@@H]5CC[C@]43C)[C@@H]12. The Balaban J connectivity index is 1.54. The normalized spacial score (nSPS) is 57.2. The molecule has 0 aromatic rings. The Morgan fingerprint density at radius 2 is 1.38 bits per heavy atom. The van der Waals surface area contributed by atoms with E-state index < -0.39 is 5.60 Å². The Morgan fingerprint density at radius 1 is 0.688 bits per heavy atom. The Hall–Kier alpha value is -0.0800. The molecule has 0 spiro atoms. The molecule has 2 nitrogen and oxygen atoms in total. The first-order valence-corrected chi connectivity index (χ1v) is 14.0. The first-order valence-electron chi connectivity index (χ1n) is 14.0. The number of aliphatic hydroxyl groups is 2. The van der Waals surface area contributed by atoms with Crippen molar-refractivity contribution in [1.29, 1.82) is 0 Å². The molecule has 2 N–H and O–H groups in total. The van der Waals surface area contributed by atoms with Gasteiger partial charge in [-0.05, 0) is 135 Å². The van der Waals surface area contributed by atoms with Gasteiger partial charge in [-0.25, -0.2) is 0 Å². The Labute approximate surface area is 198 Å². The predicted octanol–water partition coefficient (Wildman–Crippen LogP) is 7.22. The lowest BCUT2D eigenvalue weighted by Crippen LogP contribution is -2.66. The third-order valence-electron chi connectivity index (χ3n) is 13.7. The molecule has 0 heterocycles. The lowest BCUT2D eigenvalue weighted by Gasteiger charge is -2.73. The van der Waals surface area contributed by atoms with Crippen molar-refractivity contribution < 1.29 is 10.2 Å². The minimum Gasteiger partial charge on any atom is -0.393 e. The van der Waals surface area contributed by atoms with Crippen LogP contribution >= 0.6 is 0 Å². The van der Waals surface area contributed by atoms with Gasteiger partial charge >= 0.3 is 0 Å². The largest absolute Gasteiger partial charge is 0.393 e. The molecule has 0 amide bonds. The molecule has 5 fully saturated rings. The molecule has 5 aliphatic carbocycles. The summed E-state index contributed by atoms with van der Waals surface area (Å²) in [6.07, 6.45) is 12.6. The van der Waals surface area contributed by atoms with Crippen LogP contribution in [0.5, 0.6) is 0 Å². The highest BCUT2D eigenvalue weighted by Crippen LogP contribution is 2.77. The van der Waals surface area contributed by atoms with E-state index in [1.54, 1.807) is 0 Å². The molecule has 0 radical (unpaired) electrons. The number of hydrogen-bond donors (Lipinski definition) is 2. The molecule has 0 bridgehead atoms. The highest BCUT2D eigenvalue weighted by Gasteiger charge is 2.70. The Kier molecular flexibility index (Phi) is 5.01. The third kappa shape index (κ3) is 2.78. The van der Waals surface area contributed by atoms with Crippen molar-refractivity contribution in [3.63, 3.8) is 0 Å². The topological polar surface area (TPSA) is 40.5 Å². The fraction of sp³-hybridized carbons (Fsp3) is 1.00. The second-order valence-corrected chi connectivity index (χ2v) is 15.5. The highest BCUT2D eigenvalue weighted by molar-refractivity contribution is 5.19. The zero-order chi connectivity index (χ0) is 23.5. The number of rotatable bonds is 1. The molecule has 32 heavy (non-hydrogen) atoms. The minimum absolute atomic E-state index is 0.0364. The van der Waals surface area contributed by atoms with Gasteiger partial charge in [-0.3, -0.25) is 0 Å². The van der Waals surface area contributed by atoms with E-state index in [0.29, 0.717) is 39.4 Å². The van der Waals surface area contributed by atoms with Gasteiger partial charge in [0.1, 0.15) is 0 Å². The van der Waals surface area contributed by atoms with Crippen molar-refractivity contribution >= 4 is 0 Å². The summed E-state index contributed by atoms with van der Waals surface area (Å²) < 4.78 is 0. The standard InChI is InChI=1S/C30H52O2/c1-25(2)21-12-16-30(8)22(28(21,6)15-13-23(25)31)10-9-20-24-19(26(3,4)32)11-14-27(24,5)17-18-29(20,30)7/h19-24,31-32H,9-18H2,1-8H3/t19-,20-,21+,22-,23+,24-,27-,28+,29-,30-/m1/s1. The van der Waals surface area contributed by atoms with Gasteiger partial charge in [-0.15, -0.1) is 0 Å². The van der Waals surface area contributed by atoms with Crippen LogP contribution in [0, 0.1) is 56.7 Å². The van der Waals surface area contributed by atoms with E-state index in [4.69, 9.17) is 0 Å². The monoisotopic (exact) mass is 444 g/mol. The first-order chi connectivity index (χ1) is 14.6. The lowest BCUT2D eigenvalue weighted by molar-refractivity contribution is -0.250. The van der Waals surface area contributed by atoms with Gasteiger partial charge in [0.05, 0.1) is 11.7 Å². The van der Waals surface area contributed by atoms with Crippen LogP contribution in [0.15, 0.2) is 0 Å². The fourth-order valence-electron chi connectivity index (χ4n) is 11.7. The van der Waals surface area contributed by atoms with Crippen molar-refractivity contribution in [1.82, 2.24) is 0 Å². The van der Waals surface area contributed by atoms with Gasteiger partial charge in [-0.2, -0.15) is 0 Å². The fourth-order valence-corrected chi connectivity index (χ4v) is 11.7. The molecule has 0 aliphatic heterocycles. The van der Waals surface area contributed by atoms with Crippen LogP contribution in [0.1, 0.15) is 120 Å². The molecule has 2 heteroatoms. The summed E-state index contributed by atoms with van der Waals surface area (Å²) in [4.78, 5) is 0. The zero-order valence-corrected chi connectivity index (χ0v) is 22.4. The molecule has 10 atom stereocenters. The van der Waals surface area contributed by atoms with Crippen molar-refractivity contribution in [2.45, 2.75) is 131 Å². The van der Waals surface area contributed by atoms with Gasteiger partial charge < -0.3 is 10.2 Å². The van der Waals surface area contributed by atoms with Crippen molar-refractivity contribution in [3.05, 3.63) is 0 Å². The Morgan fingerprint density at radius 3 is 2.03 bits per heavy atom. The molecule has 0 unspecified atom stereocenters. The van der Waals surface area contributed by atoms with Crippen LogP contribution in [0.4, 0.5) is 0 Å². The van der Waals surface area contributed by atoms with Crippen molar-refractivity contribution in [3.8, 4) is 0 Å². The van der Waals surface area contributed by atoms with Crippen molar-refractivity contribution in [2.24, 2.45) is 56.7 Å². The van der Waals surface area contributed by atoms with E-state index in [1.807, 2.05) is 0 Å². The molecule has 5 aliphatic rings. The van der Waals surface area contributed by atoms with E-state index in [-0.39, 0.29) is 11.5 Å². The maximum Gasteiger partial charge on any atom is 0.0622 e. The van der Waals surface area contributed by atoms with Crippen LogP contribution < -0.4 is 0 Å². The lowest BCUT2D eigenvalue weighted by atomic mass is 9.32. The van der Waals surface area contributed by atoms with Crippen LogP contribution in [-0.4, -0.2) is 21.9 Å². The predicted molar refractivity (Wildman–Crippen MR) is 132 cm³/mol. The number of hydrogen-bond acceptors (Lipinski definition) is 2. The summed E-state index contributed by atoms with van der Waals surface area (Å²) in [5.74, 6) is 3.29. The van der Waals surface area contributed by atoms with Crippen molar-refractivity contribution in [2.75, 3.05) is 0 Å². The summed E-state index contributed by atoms with van der Waals surface area (Å²) in [6.45, 7) is 19.5. The quantitative estimate of drug-likeness (QED) is 0.448. The van der Waals surface area contributed by atoms with Gasteiger partial charge in [0, 0.05) is 0 Å². The average molecular weight is 445 g/mol. The van der Waals surface area contributed by atoms with E-state index in [9.17, 15) is 10.2 Å². The smallest absolute Gasteiger partial charge is 0.0622 e. The molecule has 0 aromatic carbocycles. The first kappa shape index (κ1) is 23.7. The van der Waals surface area contributed by atoms with E-state index >= 15 is 0 Å². The highest BCUT2D eigenvalue weighted by atomic mass is 16.3. The van der Waals surface area contributed by atoms with Crippen LogP contribution in [0.25, 0.3) is 0 Å². The average Bonchev–Trinajstić information content (AvgIpc) is 3.04. The summed E-state index contributed by atoms with van der Waals surface area (Å²) >= 11 is 0. The maximum atomic E-state index is 11.2. The van der Waals surface area contributed by atoms with Gasteiger partial charge in [0.2, 0.25) is 0 Å². The van der Waals surface area contributed by atoms with Gasteiger partial charge in [0.15, 0.2) is 0 Å². The minimum atomic E-state index is -0.564. The maximum absolute atomic E-state index is 11.2. The molecule has 0 aromatic heterocycles. The second-order valence-electron chi connectivity index (χ2n) is 15.5. The third-order valence-corrected chi connectivity index (χ3v) is 13.7. The number of fused-ring (bicyclic) bond motifs is 7. The summed E-state index contributed by atoms with van der Waals surface area (Å²) in [6, 6.07) is 0. The van der Waals surface area contributed by atoms with Crippen LogP contribution in [0.2, 0.25) is 0 Å². The second kappa shape index (κ2) is 6.77. The molecule has 184 valence electrons. The van der Waals surface area contributed by atoms with E-state index in [2.05, 4.69) is 55.4 Å². The summed E-state index contributed by atoms with van der Waals surface area (Å²) in [7, 11) is 0. The molecule has 5 rings (SSSR count). The summed E-state index contributed by atoms with van der Waals surface area (Å²) in [5.41, 5.74) is 1.02. The molecular formula is C30H52O2. The molecule has 5 saturated carbocycles. The van der Waals surface area contributed by atoms with Crippen LogP contribution in [0.3, 0.4) is 0 Å². The van der Waals surface area contributed by atoms with Crippen LogP contribution in [-0.2, 0) is 0 Å². The summed E-state index contributed by atoms with van der Waals surface area (Å²) in [5, 5.41) is 22.1. The zero-order valence-electron chi connectivity index (χ0n) is 22.4. The molecule has 0 saturated heterocycles. The van der Waals surface area contributed by atoms with Gasteiger partial charge in [-0.1, -0.05) is 41.5 Å². The number of aliphatic hydroxyl groups excluding tert-OH is 1. The van der Waals surface area contributed by atoms with E-state index in [1.165, 1.54) is 57.8 Å². The molecular weight excluding hydrogens is 392 g/mol. The Bertz CT molecular complexity index is 765. The van der Waals surface area contributed by atoms with E-state index in [0.717, 1.165) is 18.3 Å². The van der Waals surface area contributed by atoms with Gasteiger partial charge in [0.25, 0.3) is 0 Å².